The maximum absolute atomic E-state index is 13.5. The first-order valence-electron chi connectivity index (χ1n) is 11.5. The molecule has 0 bridgehead atoms. The van der Waals surface area contributed by atoms with Crippen LogP contribution >= 0.6 is 11.6 Å². The Labute approximate surface area is 217 Å². The van der Waals surface area contributed by atoms with E-state index in [1.807, 2.05) is 30.3 Å². The number of phenols is 2. The van der Waals surface area contributed by atoms with E-state index in [0.717, 1.165) is 28.1 Å². The summed E-state index contributed by atoms with van der Waals surface area (Å²) in [5.74, 6) is -0.890. The molecule has 5 rings (SSSR count). The zero-order chi connectivity index (χ0) is 25.9. The number of rotatable bonds is 6. The Kier molecular flexibility index (Phi) is 6.72. The fourth-order valence-electron chi connectivity index (χ4n) is 4.16. The normalized spacial score (nSPS) is 11.0. The van der Waals surface area contributed by atoms with Gasteiger partial charge in [-0.05, 0) is 60.2 Å². The van der Waals surface area contributed by atoms with Crippen LogP contribution < -0.4 is 4.90 Å². The fourth-order valence-corrected chi connectivity index (χ4v) is 4.34. The van der Waals surface area contributed by atoms with Crippen molar-refractivity contribution in [3.8, 4) is 22.8 Å². The Morgan fingerprint density at radius 2 is 1.76 bits per heavy atom. The molecule has 0 fully saturated rings. The molecule has 8 heteroatoms. The average molecular weight is 512 g/mol. The van der Waals surface area contributed by atoms with Crippen LogP contribution in [0.4, 0.5) is 5.69 Å². The van der Waals surface area contributed by atoms with Crippen LogP contribution in [0.25, 0.3) is 22.2 Å². The average Bonchev–Trinajstić information content (AvgIpc) is 2.91. The van der Waals surface area contributed by atoms with E-state index in [2.05, 4.69) is 4.98 Å². The van der Waals surface area contributed by atoms with E-state index >= 15 is 0 Å². The number of aliphatic hydroxyl groups is 1. The Hall–Kier alpha value is -4.46. The van der Waals surface area contributed by atoms with Crippen molar-refractivity contribution in [1.29, 1.82) is 0 Å². The monoisotopic (exact) mass is 511 g/mol. The van der Waals surface area contributed by atoms with Gasteiger partial charge in [-0.2, -0.15) is 0 Å². The number of halogens is 1. The summed E-state index contributed by atoms with van der Waals surface area (Å²) < 4.78 is 0. The third kappa shape index (κ3) is 5.09. The van der Waals surface area contributed by atoms with Crippen molar-refractivity contribution in [2.24, 2.45) is 0 Å². The molecule has 0 saturated heterocycles. The van der Waals surface area contributed by atoms with Gasteiger partial charge in [0.2, 0.25) is 0 Å². The number of hydrogen-bond donors (Lipinski definition) is 3. The van der Waals surface area contributed by atoms with Gasteiger partial charge in [-0.15, -0.1) is 0 Å². The second-order valence-corrected chi connectivity index (χ2v) is 8.93. The topological polar surface area (TPSA) is 107 Å². The van der Waals surface area contributed by atoms with Gasteiger partial charge >= 0.3 is 0 Å². The standard InChI is InChI=1S/C29H22ClN3O4/c30-22-5-10-26-20(13-22)12-21(17-34)28(32-26)19-3-6-23(7-4-19)33(16-18-2-1-11-31-15-18)29(37)25-9-8-24(35)14-27(25)36/h1-15,34-36H,16-17H2. The first-order chi connectivity index (χ1) is 17.9. The second kappa shape index (κ2) is 10.3. The molecule has 0 aliphatic heterocycles. The summed E-state index contributed by atoms with van der Waals surface area (Å²) in [5, 5.41) is 31.4. The minimum atomic E-state index is -0.439. The number of carbonyl (C=O) groups is 1. The van der Waals surface area contributed by atoms with Crippen LogP contribution in [-0.2, 0) is 13.2 Å². The van der Waals surface area contributed by atoms with E-state index in [0.29, 0.717) is 22.0 Å². The van der Waals surface area contributed by atoms with Crippen molar-refractivity contribution in [3.63, 3.8) is 0 Å². The molecule has 7 nitrogen and oxygen atoms in total. The Balaban J connectivity index is 1.54. The molecule has 0 radical (unpaired) electrons. The number of nitrogens with zero attached hydrogens (tertiary/aromatic N) is 3. The number of aromatic hydroxyl groups is 2. The number of anilines is 1. The number of hydrogen-bond acceptors (Lipinski definition) is 6. The zero-order valence-electron chi connectivity index (χ0n) is 19.5. The molecule has 1 amide bonds. The van der Waals surface area contributed by atoms with E-state index in [1.54, 1.807) is 42.7 Å². The molecule has 2 heterocycles. The van der Waals surface area contributed by atoms with Gasteiger partial charge in [0.25, 0.3) is 5.91 Å². The van der Waals surface area contributed by atoms with Gasteiger partial charge in [-0.3, -0.25) is 9.78 Å². The van der Waals surface area contributed by atoms with Crippen LogP contribution in [0.5, 0.6) is 11.5 Å². The highest BCUT2D eigenvalue weighted by Gasteiger charge is 2.22. The summed E-state index contributed by atoms with van der Waals surface area (Å²) in [6, 6.07) is 22.0. The molecule has 0 unspecified atom stereocenters. The first-order valence-corrected chi connectivity index (χ1v) is 11.8. The Morgan fingerprint density at radius 1 is 0.946 bits per heavy atom. The summed E-state index contributed by atoms with van der Waals surface area (Å²) in [4.78, 5) is 23.9. The lowest BCUT2D eigenvalue weighted by atomic mass is 10.0. The Bertz CT molecular complexity index is 1590. The molecular formula is C29H22ClN3O4. The lowest BCUT2D eigenvalue weighted by Gasteiger charge is -2.24. The lowest BCUT2D eigenvalue weighted by molar-refractivity contribution is 0.0982. The predicted octanol–water partition coefficient (Wildman–Crippen LogP) is 5.70. The molecule has 0 spiro atoms. The molecule has 0 aliphatic carbocycles. The van der Waals surface area contributed by atoms with Gasteiger partial charge in [0, 0.05) is 45.7 Å². The largest absolute Gasteiger partial charge is 0.508 e. The second-order valence-electron chi connectivity index (χ2n) is 8.49. The molecule has 37 heavy (non-hydrogen) atoms. The van der Waals surface area contributed by atoms with Gasteiger partial charge in [-0.1, -0.05) is 29.8 Å². The van der Waals surface area contributed by atoms with Crippen LogP contribution in [0.3, 0.4) is 0 Å². The summed E-state index contributed by atoms with van der Waals surface area (Å²) in [7, 11) is 0. The van der Waals surface area contributed by atoms with Crippen molar-refractivity contribution in [2.75, 3.05) is 4.90 Å². The number of carbonyl (C=O) groups excluding carboxylic acids is 1. The molecule has 184 valence electrons. The van der Waals surface area contributed by atoms with E-state index in [1.165, 1.54) is 17.0 Å². The molecule has 2 aromatic heterocycles. The van der Waals surface area contributed by atoms with Crippen molar-refractivity contribution < 1.29 is 20.1 Å². The molecule has 0 atom stereocenters. The van der Waals surface area contributed by atoms with Gasteiger partial charge in [0.15, 0.2) is 0 Å². The van der Waals surface area contributed by atoms with Gasteiger partial charge < -0.3 is 20.2 Å². The van der Waals surface area contributed by atoms with Crippen LogP contribution in [0, 0.1) is 0 Å². The smallest absolute Gasteiger partial charge is 0.262 e. The third-order valence-corrected chi connectivity index (χ3v) is 6.23. The van der Waals surface area contributed by atoms with Crippen molar-refractivity contribution >= 4 is 34.1 Å². The molecule has 3 aromatic carbocycles. The number of pyridine rings is 2. The fraction of sp³-hybridized carbons (Fsp3) is 0.0690. The zero-order valence-corrected chi connectivity index (χ0v) is 20.3. The van der Waals surface area contributed by atoms with Gasteiger partial charge in [0.1, 0.15) is 11.5 Å². The van der Waals surface area contributed by atoms with Crippen LogP contribution in [0.15, 0.2) is 91.3 Å². The van der Waals surface area contributed by atoms with Crippen molar-refractivity contribution in [3.05, 3.63) is 113 Å². The molecule has 0 aliphatic rings. The van der Waals surface area contributed by atoms with E-state index in [9.17, 15) is 20.1 Å². The lowest BCUT2D eigenvalue weighted by Crippen LogP contribution is -2.30. The minimum Gasteiger partial charge on any atom is -0.508 e. The van der Waals surface area contributed by atoms with Gasteiger partial charge in [-0.25, -0.2) is 4.98 Å². The van der Waals surface area contributed by atoms with Crippen LogP contribution in [0.2, 0.25) is 5.02 Å². The first kappa shape index (κ1) is 24.2. The summed E-state index contributed by atoms with van der Waals surface area (Å²) in [6.07, 6.45) is 3.32. The maximum atomic E-state index is 13.5. The number of amides is 1. The molecular weight excluding hydrogens is 490 g/mol. The van der Waals surface area contributed by atoms with Gasteiger partial charge in [0.05, 0.1) is 29.9 Å². The number of aliphatic hydroxyl groups excluding tert-OH is 1. The van der Waals surface area contributed by atoms with Crippen molar-refractivity contribution in [1.82, 2.24) is 9.97 Å². The summed E-state index contributed by atoms with van der Waals surface area (Å²) >= 11 is 6.11. The van der Waals surface area contributed by atoms with Crippen molar-refractivity contribution in [2.45, 2.75) is 13.2 Å². The van der Waals surface area contributed by atoms with E-state index in [-0.39, 0.29) is 30.2 Å². The quantitative estimate of drug-likeness (QED) is 0.270. The number of benzene rings is 3. The summed E-state index contributed by atoms with van der Waals surface area (Å²) in [6.45, 7) is 0.0154. The minimum absolute atomic E-state index is 0.0585. The third-order valence-electron chi connectivity index (χ3n) is 6.00. The molecule has 3 N–H and O–H groups in total. The van der Waals surface area contributed by atoms with E-state index in [4.69, 9.17) is 16.6 Å². The molecule has 0 saturated carbocycles. The SMILES string of the molecule is O=C(c1ccc(O)cc1O)N(Cc1cccnc1)c1ccc(-c2nc3ccc(Cl)cc3cc2CO)cc1. The highest BCUT2D eigenvalue weighted by atomic mass is 35.5. The maximum Gasteiger partial charge on any atom is 0.262 e. The highest BCUT2D eigenvalue weighted by Crippen LogP contribution is 2.31. The summed E-state index contributed by atoms with van der Waals surface area (Å²) in [5.41, 5.74) is 4.25. The molecule has 5 aromatic rings. The van der Waals surface area contributed by atoms with Crippen LogP contribution in [-0.4, -0.2) is 31.2 Å². The number of aromatic nitrogens is 2. The van der Waals surface area contributed by atoms with E-state index < -0.39 is 5.91 Å². The number of phenolic OH excluding ortho intramolecular Hbond substituents is 2. The van der Waals surface area contributed by atoms with Crippen LogP contribution in [0.1, 0.15) is 21.5 Å². The highest BCUT2D eigenvalue weighted by molar-refractivity contribution is 6.31. The predicted molar refractivity (Wildman–Crippen MR) is 143 cm³/mol. The Morgan fingerprint density at radius 3 is 2.46 bits per heavy atom. The number of fused-ring (bicyclic) bond motifs is 1.